The molecule has 1 atom stereocenters. The molecule has 0 saturated carbocycles. The number of rotatable bonds is 2. The number of anilines is 1. The van der Waals surface area contributed by atoms with E-state index in [1.807, 2.05) is 30.3 Å². The first-order valence-corrected chi connectivity index (χ1v) is 6.53. The van der Waals surface area contributed by atoms with Crippen LogP contribution in [0, 0.1) is 0 Å². The minimum absolute atomic E-state index is 0.329. The van der Waals surface area contributed by atoms with E-state index in [2.05, 4.69) is 0 Å². The fraction of sp³-hybridized carbons (Fsp3) is 0.188. The molecule has 3 rings (SSSR count). The predicted molar refractivity (Wildman–Crippen MR) is 76.3 cm³/mol. The molecule has 1 aliphatic rings. The molecule has 4 heteroatoms. The molecule has 0 bridgehead atoms. The Morgan fingerprint density at radius 1 is 1.25 bits per heavy atom. The van der Waals surface area contributed by atoms with Gasteiger partial charge in [-0.25, -0.2) is 4.79 Å². The van der Waals surface area contributed by atoms with Gasteiger partial charge in [-0.3, -0.25) is 0 Å². The van der Waals surface area contributed by atoms with Crippen molar-refractivity contribution < 1.29 is 14.3 Å². The van der Waals surface area contributed by atoms with Crippen LogP contribution in [0.3, 0.4) is 0 Å². The van der Waals surface area contributed by atoms with Gasteiger partial charge in [0.15, 0.2) is 0 Å². The first-order valence-electron chi connectivity index (χ1n) is 6.53. The molecule has 0 saturated heterocycles. The SMILES string of the molecule is CCOC(=O)C1Oc2ccc(N)cc2-c2ccccc21. The summed E-state index contributed by atoms with van der Waals surface area (Å²) in [6.45, 7) is 2.11. The first-order chi connectivity index (χ1) is 9.70. The standard InChI is InChI=1S/C16H15NO3/c1-2-19-16(18)15-12-6-4-3-5-11(12)13-9-10(17)7-8-14(13)20-15/h3-9,15H,2,17H2,1H3. The third-order valence-electron chi connectivity index (χ3n) is 3.28. The van der Waals surface area contributed by atoms with Crippen LogP contribution in [0.1, 0.15) is 18.6 Å². The normalized spacial score (nSPS) is 15.8. The van der Waals surface area contributed by atoms with E-state index in [4.69, 9.17) is 15.2 Å². The quantitative estimate of drug-likeness (QED) is 0.672. The number of carbonyl (C=O) groups is 1. The molecule has 0 amide bonds. The van der Waals surface area contributed by atoms with Gasteiger partial charge < -0.3 is 15.2 Å². The van der Waals surface area contributed by atoms with Crippen LogP contribution in [0.5, 0.6) is 5.75 Å². The summed E-state index contributed by atoms with van der Waals surface area (Å²) in [6.07, 6.45) is -0.720. The van der Waals surface area contributed by atoms with Crippen LogP contribution in [0.4, 0.5) is 5.69 Å². The maximum atomic E-state index is 12.1. The molecule has 2 N–H and O–H groups in total. The van der Waals surface area contributed by atoms with Crippen molar-refractivity contribution in [1.82, 2.24) is 0 Å². The van der Waals surface area contributed by atoms with E-state index in [1.165, 1.54) is 0 Å². The van der Waals surface area contributed by atoms with Gasteiger partial charge in [-0.2, -0.15) is 0 Å². The minimum Gasteiger partial charge on any atom is -0.473 e. The van der Waals surface area contributed by atoms with Crippen LogP contribution >= 0.6 is 0 Å². The summed E-state index contributed by atoms with van der Waals surface area (Å²) in [4.78, 5) is 12.1. The molecular formula is C16H15NO3. The lowest BCUT2D eigenvalue weighted by Gasteiger charge is -2.27. The van der Waals surface area contributed by atoms with Gasteiger partial charge in [-0.15, -0.1) is 0 Å². The molecular weight excluding hydrogens is 254 g/mol. The Hall–Kier alpha value is -2.49. The Balaban J connectivity index is 2.13. The fourth-order valence-electron chi connectivity index (χ4n) is 2.42. The lowest BCUT2D eigenvalue weighted by atomic mass is 9.92. The summed E-state index contributed by atoms with van der Waals surface area (Å²) in [5.74, 6) is 0.276. The van der Waals surface area contributed by atoms with Crippen LogP contribution < -0.4 is 10.5 Å². The molecule has 0 aliphatic carbocycles. The van der Waals surface area contributed by atoms with Crippen molar-refractivity contribution in [3.8, 4) is 16.9 Å². The van der Waals surface area contributed by atoms with E-state index >= 15 is 0 Å². The molecule has 0 aromatic heterocycles. The molecule has 20 heavy (non-hydrogen) atoms. The summed E-state index contributed by atoms with van der Waals surface area (Å²) >= 11 is 0. The second kappa shape index (κ2) is 4.89. The number of benzene rings is 2. The molecule has 2 aromatic carbocycles. The van der Waals surface area contributed by atoms with E-state index < -0.39 is 6.10 Å². The summed E-state index contributed by atoms with van der Waals surface area (Å²) in [6, 6.07) is 13.0. The highest BCUT2D eigenvalue weighted by atomic mass is 16.6. The Labute approximate surface area is 117 Å². The van der Waals surface area contributed by atoms with E-state index in [0.717, 1.165) is 16.7 Å². The van der Waals surface area contributed by atoms with Crippen molar-refractivity contribution in [1.29, 1.82) is 0 Å². The van der Waals surface area contributed by atoms with E-state index in [0.29, 0.717) is 18.0 Å². The Morgan fingerprint density at radius 2 is 2.05 bits per heavy atom. The van der Waals surface area contributed by atoms with Crippen molar-refractivity contribution in [2.24, 2.45) is 0 Å². The van der Waals surface area contributed by atoms with Crippen LogP contribution in [-0.2, 0) is 9.53 Å². The van der Waals surface area contributed by atoms with Gasteiger partial charge in [-0.1, -0.05) is 24.3 Å². The van der Waals surface area contributed by atoms with Gasteiger partial charge in [0.2, 0.25) is 6.10 Å². The lowest BCUT2D eigenvalue weighted by molar-refractivity contribution is -0.151. The molecule has 2 aromatic rings. The second-order valence-corrected chi connectivity index (χ2v) is 4.59. The number of hydrogen-bond donors (Lipinski definition) is 1. The maximum Gasteiger partial charge on any atom is 0.352 e. The highest BCUT2D eigenvalue weighted by Gasteiger charge is 2.32. The number of nitrogen functional groups attached to an aromatic ring is 1. The zero-order valence-electron chi connectivity index (χ0n) is 11.1. The highest BCUT2D eigenvalue weighted by molar-refractivity contribution is 5.86. The number of carbonyl (C=O) groups excluding carboxylic acids is 1. The topological polar surface area (TPSA) is 61.5 Å². The zero-order valence-corrected chi connectivity index (χ0v) is 11.1. The van der Waals surface area contributed by atoms with Crippen molar-refractivity contribution >= 4 is 11.7 Å². The van der Waals surface area contributed by atoms with Gasteiger partial charge in [-0.05, 0) is 30.7 Å². The molecule has 4 nitrogen and oxygen atoms in total. The zero-order chi connectivity index (χ0) is 14.1. The third-order valence-corrected chi connectivity index (χ3v) is 3.28. The molecule has 102 valence electrons. The van der Waals surface area contributed by atoms with Gasteiger partial charge in [0.05, 0.1) is 6.61 Å². The Kier molecular flexibility index (Phi) is 3.06. The summed E-state index contributed by atoms with van der Waals surface area (Å²) < 4.78 is 10.9. The monoisotopic (exact) mass is 269 g/mol. The molecule has 1 unspecified atom stereocenters. The Bertz CT molecular complexity index is 667. The number of fused-ring (bicyclic) bond motifs is 3. The number of esters is 1. The predicted octanol–water partition coefficient (Wildman–Crippen LogP) is 2.93. The number of hydrogen-bond acceptors (Lipinski definition) is 4. The van der Waals surface area contributed by atoms with E-state index in [9.17, 15) is 4.79 Å². The van der Waals surface area contributed by atoms with Crippen molar-refractivity contribution in [3.63, 3.8) is 0 Å². The van der Waals surface area contributed by atoms with Crippen LogP contribution in [-0.4, -0.2) is 12.6 Å². The van der Waals surface area contributed by atoms with Crippen molar-refractivity contribution in [2.45, 2.75) is 13.0 Å². The van der Waals surface area contributed by atoms with Crippen LogP contribution in [0.15, 0.2) is 42.5 Å². The Morgan fingerprint density at radius 3 is 2.85 bits per heavy atom. The second-order valence-electron chi connectivity index (χ2n) is 4.59. The number of nitrogens with two attached hydrogens (primary N) is 1. The van der Waals surface area contributed by atoms with E-state index in [-0.39, 0.29) is 5.97 Å². The molecule has 1 heterocycles. The van der Waals surface area contributed by atoms with Crippen molar-refractivity contribution in [2.75, 3.05) is 12.3 Å². The largest absolute Gasteiger partial charge is 0.473 e. The van der Waals surface area contributed by atoms with Gasteiger partial charge >= 0.3 is 5.97 Å². The average Bonchev–Trinajstić information content (AvgIpc) is 2.47. The third kappa shape index (κ3) is 1.99. The smallest absolute Gasteiger partial charge is 0.352 e. The summed E-state index contributed by atoms with van der Waals surface area (Å²) in [7, 11) is 0. The molecule has 0 radical (unpaired) electrons. The van der Waals surface area contributed by atoms with Gasteiger partial charge in [0.25, 0.3) is 0 Å². The van der Waals surface area contributed by atoms with E-state index in [1.54, 1.807) is 19.1 Å². The fourth-order valence-corrected chi connectivity index (χ4v) is 2.42. The number of ether oxygens (including phenoxy) is 2. The van der Waals surface area contributed by atoms with Crippen LogP contribution in [0.2, 0.25) is 0 Å². The lowest BCUT2D eigenvalue weighted by Crippen LogP contribution is -2.24. The minimum atomic E-state index is -0.720. The molecule has 1 aliphatic heterocycles. The average molecular weight is 269 g/mol. The molecule has 0 spiro atoms. The first kappa shape index (κ1) is 12.5. The van der Waals surface area contributed by atoms with Crippen LogP contribution in [0.25, 0.3) is 11.1 Å². The molecule has 0 fully saturated rings. The summed E-state index contributed by atoms with van der Waals surface area (Å²) in [5, 5.41) is 0. The highest BCUT2D eigenvalue weighted by Crippen LogP contribution is 2.43. The summed E-state index contributed by atoms with van der Waals surface area (Å²) in [5.41, 5.74) is 9.17. The maximum absolute atomic E-state index is 12.1. The van der Waals surface area contributed by atoms with Crippen molar-refractivity contribution in [3.05, 3.63) is 48.0 Å². The van der Waals surface area contributed by atoms with Gasteiger partial charge in [0, 0.05) is 16.8 Å². The van der Waals surface area contributed by atoms with Gasteiger partial charge in [0.1, 0.15) is 5.75 Å².